The highest BCUT2D eigenvalue weighted by Crippen LogP contribution is 2.28. The van der Waals surface area contributed by atoms with E-state index in [4.69, 9.17) is 4.98 Å². The molecule has 0 spiro atoms. The van der Waals surface area contributed by atoms with E-state index in [0.29, 0.717) is 11.5 Å². The van der Waals surface area contributed by atoms with Crippen molar-refractivity contribution in [2.75, 3.05) is 47.8 Å². The second kappa shape index (κ2) is 7.39. The maximum atomic E-state index is 9.57. The highest BCUT2D eigenvalue weighted by molar-refractivity contribution is 5.58. The maximum absolute atomic E-state index is 9.57. The van der Waals surface area contributed by atoms with Gasteiger partial charge >= 0.3 is 0 Å². The summed E-state index contributed by atoms with van der Waals surface area (Å²) in [4.78, 5) is 18.4. The van der Waals surface area contributed by atoms with Crippen molar-refractivity contribution >= 4 is 17.6 Å². The van der Waals surface area contributed by atoms with Gasteiger partial charge in [-0.1, -0.05) is 0 Å². The Morgan fingerprint density at radius 2 is 1.85 bits per heavy atom. The molecular weight excluding hydrogens is 338 g/mol. The number of hydrogen-bond acceptors (Lipinski definition) is 7. The molecule has 0 aromatic carbocycles. The first-order valence-corrected chi connectivity index (χ1v) is 9.70. The zero-order valence-corrected chi connectivity index (χ0v) is 16.0. The van der Waals surface area contributed by atoms with Crippen molar-refractivity contribution in [3.05, 3.63) is 34.6 Å². The first-order valence-electron chi connectivity index (χ1n) is 9.70. The van der Waals surface area contributed by atoms with Crippen LogP contribution in [0.1, 0.15) is 35.9 Å². The predicted molar refractivity (Wildman–Crippen MR) is 106 cm³/mol. The molecule has 2 aromatic rings. The number of nitriles is 1. The van der Waals surface area contributed by atoms with Crippen molar-refractivity contribution in [2.45, 2.75) is 33.1 Å². The van der Waals surface area contributed by atoms with Gasteiger partial charge in [0.1, 0.15) is 17.7 Å². The van der Waals surface area contributed by atoms with Gasteiger partial charge in [-0.2, -0.15) is 10.2 Å². The molecule has 0 atom stereocenters. The minimum Gasteiger partial charge on any atom is -0.354 e. The lowest BCUT2D eigenvalue weighted by atomic mass is 10.1. The fourth-order valence-corrected chi connectivity index (χ4v) is 3.88. The molecule has 140 valence electrons. The van der Waals surface area contributed by atoms with Crippen LogP contribution in [0.15, 0.2) is 12.1 Å². The molecular formula is C20H25N7. The minimum absolute atomic E-state index is 0.682. The monoisotopic (exact) mass is 363 g/mol. The molecule has 7 heteroatoms. The number of piperazine rings is 1. The van der Waals surface area contributed by atoms with E-state index in [9.17, 15) is 5.26 Å². The average Bonchev–Trinajstić information content (AvgIpc) is 3.14. The lowest BCUT2D eigenvalue weighted by molar-refractivity contribution is 0.639. The number of pyridine rings is 1. The van der Waals surface area contributed by atoms with Crippen LogP contribution >= 0.6 is 0 Å². The van der Waals surface area contributed by atoms with Crippen LogP contribution in [0.5, 0.6) is 0 Å². The Hall–Kier alpha value is -2.88. The Bertz CT molecular complexity index is 879. The third-order valence-electron chi connectivity index (χ3n) is 5.23. The van der Waals surface area contributed by atoms with Gasteiger partial charge in [0.05, 0.1) is 5.56 Å². The largest absolute Gasteiger partial charge is 0.354 e. The number of aryl methyl sites for hydroxylation is 3. The van der Waals surface area contributed by atoms with Crippen LogP contribution in [0.2, 0.25) is 0 Å². The zero-order chi connectivity index (χ0) is 18.8. The Kier molecular flexibility index (Phi) is 4.80. The third-order valence-corrected chi connectivity index (χ3v) is 5.23. The summed E-state index contributed by atoms with van der Waals surface area (Å²) in [5.41, 5.74) is 4.09. The second-order valence-electron chi connectivity index (χ2n) is 7.13. The quantitative estimate of drug-likeness (QED) is 0.892. The molecule has 0 radical (unpaired) electrons. The number of aromatic nitrogens is 3. The minimum atomic E-state index is 0.682. The molecule has 1 fully saturated rings. The number of rotatable bonds is 4. The fourth-order valence-electron chi connectivity index (χ4n) is 3.88. The van der Waals surface area contributed by atoms with Crippen molar-refractivity contribution in [1.82, 2.24) is 15.0 Å². The van der Waals surface area contributed by atoms with Gasteiger partial charge < -0.3 is 15.1 Å². The summed E-state index contributed by atoms with van der Waals surface area (Å²) in [5, 5.41) is 12.8. The molecule has 2 aliphatic rings. The summed E-state index contributed by atoms with van der Waals surface area (Å²) in [6.07, 6.45) is 3.22. The highest BCUT2D eigenvalue weighted by atomic mass is 15.3. The molecule has 0 unspecified atom stereocenters. The number of nitrogens with one attached hydrogen (secondary N) is 1. The molecule has 1 aliphatic heterocycles. The van der Waals surface area contributed by atoms with Gasteiger partial charge in [-0.15, -0.1) is 0 Å². The zero-order valence-electron chi connectivity index (χ0n) is 16.0. The van der Waals surface area contributed by atoms with E-state index in [1.165, 1.54) is 11.3 Å². The molecule has 1 saturated heterocycles. The van der Waals surface area contributed by atoms with Crippen LogP contribution < -0.4 is 15.1 Å². The smallest absolute Gasteiger partial charge is 0.224 e. The van der Waals surface area contributed by atoms with Gasteiger partial charge in [-0.3, -0.25) is 0 Å². The van der Waals surface area contributed by atoms with Gasteiger partial charge in [-0.25, -0.2) is 9.97 Å². The van der Waals surface area contributed by atoms with Crippen molar-refractivity contribution in [2.24, 2.45) is 0 Å². The number of hydrogen-bond donors (Lipinski definition) is 1. The third kappa shape index (κ3) is 3.52. The molecule has 27 heavy (non-hydrogen) atoms. The first kappa shape index (κ1) is 17.5. The summed E-state index contributed by atoms with van der Waals surface area (Å²) in [5.74, 6) is 2.49. The van der Waals surface area contributed by atoms with E-state index in [1.807, 2.05) is 26.0 Å². The van der Waals surface area contributed by atoms with Gasteiger partial charge in [0.15, 0.2) is 0 Å². The van der Waals surface area contributed by atoms with Crippen LogP contribution in [-0.2, 0) is 12.8 Å². The summed E-state index contributed by atoms with van der Waals surface area (Å²) in [7, 11) is 0. The van der Waals surface area contributed by atoms with Gasteiger partial charge in [0.2, 0.25) is 5.95 Å². The molecule has 0 bridgehead atoms. The van der Waals surface area contributed by atoms with E-state index < -0.39 is 0 Å². The summed E-state index contributed by atoms with van der Waals surface area (Å²) in [6, 6.07) is 6.43. The average molecular weight is 363 g/mol. The molecule has 0 amide bonds. The SMILES string of the molecule is CCNc1nc(C)cc(N2CCN(c3nc4c(cc3C#N)CCC4)CC2)n1. The van der Waals surface area contributed by atoms with E-state index in [2.05, 4.69) is 31.2 Å². The lowest BCUT2D eigenvalue weighted by Crippen LogP contribution is -2.47. The van der Waals surface area contributed by atoms with Gasteiger partial charge in [0, 0.05) is 50.2 Å². The summed E-state index contributed by atoms with van der Waals surface area (Å²) < 4.78 is 0. The highest BCUT2D eigenvalue weighted by Gasteiger charge is 2.24. The molecule has 2 aromatic heterocycles. The van der Waals surface area contributed by atoms with Crippen molar-refractivity contribution in [3.8, 4) is 6.07 Å². The van der Waals surface area contributed by atoms with Gasteiger partial charge in [0.25, 0.3) is 0 Å². The Balaban J connectivity index is 1.51. The van der Waals surface area contributed by atoms with Gasteiger partial charge in [-0.05, 0) is 44.7 Å². The molecule has 7 nitrogen and oxygen atoms in total. The summed E-state index contributed by atoms with van der Waals surface area (Å²) in [6.45, 7) is 8.21. The van der Waals surface area contributed by atoms with Crippen molar-refractivity contribution in [1.29, 1.82) is 5.26 Å². The molecule has 1 aliphatic carbocycles. The predicted octanol–water partition coefficient (Wildman–Crippen LogP) is 2.30. The number of nitrogens with zero attached hydrogens (tertiary/aromatic N) is 6. The fraction of sp³-hybridized carbons (Fsp3) is 0.500. The molecule has 3 heterocycles. The lowest BCUT2D eigenvalue weighted by Gasteiger charge is -2.36. The van der Waals surface area contributed by atoms with Crippen LogP contribution in [0, 0.1) is 18.3 Å². The van der Waals surface area contributed by atoms with E-state index >= 15 is 0 Å². The first-order chi connectivity index (χ1) is 13.2. The Morgan fingerprint density at radius 1 is 1.07 bits per heavy atom. The van der Waals surface area contributed by atoms with Crippen LogP contribution in [0.4, 0.5) is 17.6 Å². The molecule has 4 rings (SSSR count). The van der Waals surface area contributed by atoms with Crippen LogP contribution in [0.3, 0.4) is 0 Å². The number of fused-ring (bicyclic) bond motifs is 1. The van der Waals surface area contributed by atoms with Crippen molar-refractivity contribution in [3.63, 3.8) is 0 Å². The maximum Gasteiger partial charge on any atom is 0.224 e. The van der Waals surface area contributed by atoms with E-state index in [1.54, 1.807) is 0 Å². The standard InChI is InChI=1S/C20H25N7/c1-3-22-20-23-14(2)11-18(25-20)26-7-9-27(10-8-26)19-16(13-21)12-15-5-4-6-17(15)24-19/h11-12H,3-10H2,1-2H3,(H,22,23,25). The van der Waals surface area contributed by atoms with Crippen LogP contribution in [0.25, 0.3) is 0 Å². The molecule has 0 saturated carbocycles. The normalized spacial score (nSPS) is 16.2. The van der Waals surface area contributed by atoms with Crippen molar-refractivity contribution < 1.29 is 0 Å². The van der Waals surface area contributed by atoms with Crippen LogP contribution in [-0.4, -0.2) is 47.7 Å². The summed E-state index contributed by atoms with van der Waals surface area (Å²) >= 11 is 0. The second-order valence-corrected chi connectivity index (χ2v) is 7.13. The topological polar surface area (TPSA) is 81.0 Å². The molecule has 1 N–H and O–H groups in total. The Labute approximate surface area is 160 Å². The Morgan fingerprint density at radius 3 is 2.59 bits per heavy atom. The number of anilines is 3. The van der Waals surface area contributed by atoms with E-state index in [-0.39, 0.29) is 0 Å². The van der Waals surface area contributed by atoms with E-state index in [0.717, 1.165) is 69.3 Å².